The van der Waals surface area contributed by atoms with Crippen LogP contribution in [0.5, 0.6) is 5.75 Å². The summed E-state index contributed by atoms with van der Waals surface area (Å²) in [5.41, 5.74) is 1.78. The van der Waals surface area contributed by atoms with Crippen LogP contribution in [-0.4, -0.2) is 31.4 Å². The Morgan fingerprint density at radius 2 is 2.17 bits per heavy atom. The van der Waals surface area contributed by atoms with Crippen molar-refractivity contribution in [3.63, 3.8) is 0 Å². The third-order valence-electron chi connectivity index (χ3n) is 2.84. The highest BCUT2D eigenvalue weighted by Crippen LogP contribution is 2.30. The van der Waals surface area contributed by atoms with Gasteiger partial charge in [-0.3, -0.25) is 4.79 Å². The van der Waals surface area contributed by atoms with Crippen LogP contribution in [0, 0.1) is 0 Å². The van der Waals surface area contributed by atoms with Gasteiger partial charge in [-0.1, -0.05) is 6.07 Å². The molecular weight excluding hydrogens is 236 g/mol. The monoisotopic (exact) mass is 252 g/mol. The van der Waals surface area contributed by atoms with Crippen molar-refractivity contribution in [3.05, 3.63) is 29.3 Å². The van der Waals surface area contributed by atoms with Gasteiger partial charge < -0.3 is 19.3 Å². The molecule has 0 radical (unpaired) electrons. The summed E-state index contributed by atoms with van der Waals surface area (Å²) in [4.78, 5) is 10.6. The lowest BCUT2D eigenvalue weighted by Gasteiger charge is -2.15. The van der Waals surface area contributed by atoms with Gasteiger partial charge >= 0.3 is 5.97 Å². The average Bonchev–Trinajstić information content (AvgIpc) is 2.89. The van der Waals surface area contributed by atoms with Crippen LogP contribution in [0.3, 0.4) is 0 Å². The van der Waals surface area contributed by atoms with Crippen molar-refractivity contribution in [1.29, 1.82) is 0 Å². The highest BCUT2D eigenvalue weighted by atomic mass is 16.7. The SMILES string of the molecule is COc1ccc(CCC(=O)O)c(C2OCCO2)c1. The lowest BCUT2D eigenvalue weighted by atomic mass is 10.0. The zero-order valence-electron chi connectivity index (χ0n) is 10.2. The molecule has 0 aromatic heterocycles. The molecule has 5 heteroatoms. The summed E-state index contributed by atoms with van der Waals surface area (Å²) in [6.07, 6.45) is 0.133. The summed E-state index contributed by atoms with van der Waals surface area (Å²) in [6, 6.07) is 5.52. The molecule has 1 aromatic rings. The second kappa shape index (κ2) is 5.84. The Morgan fingerprint density at radius 3 is 2.78 bits per heavy atom. The molecule has 0 saturated carbocycles. The summed E-state index contributed by atoms with van der Waals surface area (Å²) in [6.45, 7) is 1.11. The van der Waals surface area contributed by atoms with Gasteiger partial charge in [0.05, 0.1) is 20.3 Å². The predicted octanol–water partition coefficient (Wildman–Crippen LogP) is 1.76. The number of benzene rings is 1. The first-order chi connectivity index (χ1) is 8.70. The van der Waals surface area contributed by atoms with E-state index >= 15 is 0 Å². The van der Waals surface area contributed by atoms with Crippen LogP contribution in [-0.2, 0) is 20.7 Å². The zero-order valence-corrected chi connectivity index (χ0v) is 10.2. The number of methoxy groups -OCH3 is 1. The third-order valence-corrected chi connectivity index (χ3v) is 2.84. The maximum atomic E-state index is 10.6. The number of rotatable bonds is 5. The molecule has 0 spiro atoms. The molecule has 1 fully saturated rings. The van der Waals surface area contributed by atoms with E-state index in [4.69, 9.17) is 19.3 Å². The Balaban J connectivity index is 2.22. The molecule has 1 N–H and O–H groups in total. The molecule has 0 bridgehead atoms. The number of hydrogen-bond acceptors (Lipinski definition) is 4. The number of aliphatic carboxylic acids is 1. The minimum atomic E-state index is -0.815. The fourth-order valence-corrected chi connectivity index (χ4v) is 1.93. The lowest BCUT2D eigenvalue weighted by molar-refractivity contribution is -0.137. The number of ether oxygens (including phenoxy) is 3. The van der Waals surface area contributed by atoms with Crippen LogP contribution in [0.4, 0.5) is 0 Å². The molecule has 1 heterocycles. The Morgan fingerprint density at radius 1 is 1.44 bits per heavy atom. The van der Waals surface area contributed by atoms with Crippen LogP contribution >= 0.6 is 0 Å². The first-order valence-electron chi connectivity index (χ1n) is 5.82. The number of aryl methyl sites for hydroxylation is 1. The van der Waals surface area contributed by atoms with Gasteiger partial charge in [0.2, 0.25) is 0 Å². The quantitative estimate of drug-likeness (QED) is 0.865. The molecule has 0 amide bonds. The fourth-order valence-electron chi connectivity index (χ4n) is 1.93. The van der Waals surface area contributed by atoms with Gasteiger partial charge in [-0.25, -0.2) is 0 Å². The molecule has 1 aliphatic heterocycles. The van der Waals surface area contributed by atoms with Gasteiger partial charge in [0.1, 0.15) is 5.75 Å². The predicted molar refractivity (Wildman–Crippen MR) is 63.6 cm³/mol. The number of carbonyl (C=O) groups is 1. The first-order valence-corrected chi connectivity index (χ1v) is 5.82. The fraction of sp³-hybridized carbons (Fsp3) is 0.462. The first kappa shape index (κ1) is 12.9. The molecule has 1 saturated heterocycles. The Kier molecular flexibility index (Phi) is 4.17. The molecule has 1 aromatic carbocycles. The van der Waals surface area contributed by atoms with Crippen molar-refractivity contribution in [2.45, 2.75) is 19.1 Å². The largest absolute Gasteiger partial charge is 0.497 e. The summed E-state index contributed by atoms with van der Waals surface area (Å²) in [7, 11) is 1.59. The van der Waals surface area contributed by atoms with Crippen molar-refractivity contribution >= 4 is 5.97 Å². The molecule has 18 heavy (non-hydrogen) atoms. The van der Waals surface area contributed by atoms with Gasteiger partial charge in [0, 0.05) is 12.0 Å². The normalized spacial score (nSPS) is 15.8. The van der Waals surface area contributed by atoms with E-state index in [2.05, 4.69) is 0 Å². The molecule has 5 nitrogen and oxygen atoms in total. The van der Waals surface area contributed by atoms with Crippen molar-refractivity contribution < 1.29 is 24.1 Å². The van der Waals surface area contributed by atoms with Crippen LogP contribution in [0.25, 0.3) is 0 Å². The van der Waals surface area contributed by atoms with E-state index in [-0.39, 0.29) is 6.42 Å². The molecule has 1 aliphatic rings. The van der Waals surface area contributed by atoms with Crippen molar-refractivity contribution in [1.82, 2.24) is 0 Å². The smallest absolute Gasteiger partial charge is 0.303 e. The molecular formula is C13H16O5. The van der Waals surface area contributed by atoms with Crippen LogP contribution < -0.4 is 4.74 Å². The van der Waals surface area contributed by atoms with Gasteiger partial charge in [0.25, 0.3) is 0 Å². The summed E-state index contributed by atoms with van der Waals surface area (Å²) in [5.74, 6) is -0.104. The van der Waals surface area contributed by atoms with Gasteiger partial charge in [-0.15, -0.1) is 0 Å². The van der Waals surface area contributed by atoms with Gasteiger partial charge in [-0.2, -0.15) is 0 Å². The Bertz CT molecular complexity index is 423. The molecule has 2 rings (SSSR count). The number of carboxylic acid groups (broad SMARTS) is 1. The van der Waals surface area contributed by atoms with E-state index in [1.807, 2.05) is 18.2 Å². The Labute approximate surface area is 105 Å². The van der Waals surface area contributed by atoms with E-state index in [0.717, 1.165) is 11.1 Å². The van der Waals surface area contributed by atoms with Gasteiger partial charge in [0.15, 0.2) is 6.29 Å². The second-order valence-electron chi connectivity index (χ2n) is 4.03. The van der Waals surface area contributed by atoms with E-state index in [9.17, 15) is 4.79 Å². The van der Waals surface area contributed by atoms with Crippen molar-refractivity contribution in [3.8, 4) is 5.75 Å². The van der Waals surface area contributed by atoms with Crippen molar-refractivity contribution in [2.24, 2.45) is 0 Å². The summed E-state index contributed by atoms with van der Waals surface area (Å²) in [5, 5.41) is 8.74. The molecule has 0 atom stereocenters. The van der Waals surface area contributed by atoms with E-state index in [1.54, 1.807) is 7.11 Å². The average molecular weight is 252 g/mol. The zero-order chi connectivity index (χ0) is 13.0. The standard InChI is InChI=1S/C13H16O5/c1-16-10-4-2-9(3-5-12(14)15)11(8-10)13-17-6-7-18-13/h2,4,8,13H,3,5-7H2,1H3,(H,14,15). The maximum Gasteiger partial charge on any atom is 0.303 e. The highest BCUT2D eigenvalue weighted by molar-refractivity contribution is 5.67. The second-order valence-corrected chi connectivity index (χ2v) is 4.03. The minimum absolute atomic E-state index is 0.0893. The van der Waals surface area contributed by atoms with E-state index in [0.29, 0.717) is 25.4 Å². The van der Waals surface area contributed by atoms with E-state index in [1.165, 1.54) is 0 Å². The number of carboxylic acids is 1. The Hall–Kier alpha value is -1.59. The molecule has 0 aliphatic carbocycles. The lowest BCUT2D eigenvalue weighted by Crippen LogP contribution is -2.06. The van der Waals surface area contributed by atoms with Crippen LogP contribution in [0.2, 0.25) is 0 Å². The molecule has 98 valence electrons. The van der Waals surface area contributed by atoms with Crippen LogP contribution in [0.1, 0.15) is 23.8 Å². The van der Waals surface area contributed by atoms with Crippen LogP contribution in [0.15, 0.2) is 18.2 Å². The number of hydrogen-bond donors (Lipinski definition) is 1. The summed E-state index contributed by atoms with van der Waals surface area (Å²) < 4.78 is 16.1. The topological polar surface area (TPSA) is 65.0 Å². The van der Waals surface area contributed by atoms with Gasteiger partial charge in [-0.05, 0) is 24.1 Å². The summed E-state index contributed by atoms with van der Waals surface area (Å²) >= 11 is 0. The van der Waals surface area contributed by atoms with E-state index < -0.39 is 12.3 Å². The maximum absolute atomic E-state index is 10.6. The third kappa shape index (κ3) is 3.00. The van der Waals surface area contributed by atoms with Crippen molar-refractivity contribution in [2.75, 3.05) is 20.3 Å². The highest BCUT2D eigenvalue weighted by Gasteiger charge is 2.22. The molecule has 0 unspecified atom stereocenters. The minimum Gasteiger partial charge on any atom is -0.497 e.